The lowest BCUT2D eigenvalue weighted by atomic mass is 10.2. The topological polar surface area (TPSA) is 110 Å². The molecule has 0 aliphatic carbocycles. The molecule has 0 aliphatic rings. The molecule has 0 saturated heterocycles. The first kappa shape index (κ1) is 13.5. The minimum absolute atomic E-state index is 0.0942. The zero-order valence-corrected chi connectivity index (χ0v) is 11.0. The van der Waals surface area contributed by atoms with Crippen molar-refractivity contribution in [2.24, 2.45) is 7.05 Å². The molecule has 102 valence electrons. The molecule has 0 amide bonds. The summed E-state index contributed by atoms with van der Waals surface area (Å²) in [5, 5.41) is 26.9. The standard InChI is InChI=1S/C12H12N6O2/c1-3-9-10(7-17(2)16-9)15-12-11(18(19)20)4-8(5-13)6-14-12/h4,6-7H,3H2,1-2H3,(H,14,15). The van der Waals surface area contributed by atoms with Crippen molar-refractivity contribution >= 4 is 17.2 Å². The third-order valence-corrected chi connectivity index (χ3v) is 2.69. The summed E-state index contributed by atoms with van der Waals surface area (Å²) in [7, 11) is 1.77. The molecular formula is C12H12N6O2. The lowest BCUT2D eigenvalue weighted by Gasteiger charge is -2.05. The van der Waals surface area contributed by atoms with Crippen molar-refractivity contribution in [3.05, 3.63) is 39.8 Å². The first-order chi connectivity index (χ1) is 9.55. The zero-order valence-electron chi connectivity index (χ0n) is 11.0. The number of aryl methyl sites for hydroxylation is 2. The molecule has 1 N–H and O–H groups in total. The Labute approximate surface area is 114 Å². The Kier molecular flexibility index (Phi) is 3.61. The van der Waals surface area contributed by atoms with Gasteiger partial charge in [-0.3, -0.25) is 14.8 Å². The van der Waals surface area contributed by atoms with Crippen LogP contribution in [0.1, 0.15) is 18.2 Å². The molecule has 0 aliphatic heterocycles. The number of hydrogen-bond acceptors (Lipinski definition) is 6. The number of nitriles is 1. The SMILES string of the molecule is CCc1nn(C)cc1Nc1ncc(C#N)cc1[N+](=O)[O-]. The highest BCUT2D eigenvalue weighted by atomic mass is 16.6. The van der Waals surface area contributed by atoms with E-state index in [0.717, 1.165) is 5.69 Å². The average Bonchev–Trinajstić information content (AvgIpc) is 2.79. The van der Waals surface area contributed by atoms with Crippen LogP contribution in [0.25, 0.3) is 0 Å². The summed E-state index contributed by atoms with van der Waals surface area (Å²) in [4.78, 5) is 14.4. The molecule has 2 aromatic rings. The third kappa shape index (κ3) is 2.56. The van der Waals surface area contributed by atoms with E-state index in [2.05, 4.69) is 15.4 Å². The molecule has 8 nitrogen and oxygen atoms in total. The number of pyridine rings is 1. The molecule has 0 fully saturated rings. The fourth-order valence-corrected chi connectivity index (χ4v) is 1.78. The van der Waals surface area contributed by atoms with Crippen molar-refractivity contribution in [2.45, 2.75) is 13.3 Å². The van der Waals surface area contributed by atoms with Crippen LogP contribution >= 0.6 is 0 Å². The van der Waals surface area contributed by atoms with Gasteiger partial charge in [0.2, 0.25) is 5.82 Å². The van der Waals surface area contributed by atoms with Crippen LogP contribution in [0, 0.1) is 21.4 Å². The van der Waals surface area contributed by atoms with Crippen LogP contribution in [0.3, 0.4) is 0 Å². The van der Waals surface area contributed by atoms with E-state index in [1.54, 1.807) is 17.9 Å². The first-order valence-corrected chi connectivity index (χ1v) is 5.89. The predicted octanol–water partition coefficient (Wildman–Crippen LogP) is 1.90. The van der Waals surface area contributed by atoms with Crippen LogP contribution < -0.4 is 5.32 Å². The van der Waals surface area contributed by atoms with Gasteiger partial charge in [-0.15, -0.1) is 0 Å². The maximum atomic E-state index is 11.0. The second kappa shape index (κ2) is 5.36. The maximum Gasteiger partial charge on any atom is 0.313 e. The van der Waals surface area contributed by atoms with Crippen LogP contribution in [0.4, 0.5) is 17.2 Å². The van der Waals surface area contributed by atoms with Crippen LogP contribution in [-0.4, -0.2) is 19.7 Å². The van der Waals surface area contributed by atoms with Gasteiger partial charge >= 0.3 is 5.69 Å². The summed E-state index contributed by atoms with van der Waals surface area (Å²) >= 11 is 0. The number of nitrogens with zero attached hydrogens (tertiary/aromatic N) is 5. The second-order valence-electron chi connectivity index (χ2n) is 4.10. The molecule has 2 aromatic heterocycles. The van der Waals surface area contributed by atoms with Crippen molar-refractivity contribution in [1.82, 2.24) is 14.8 Å². The Morgan fingerprint density at radius 2 is 2.35 bits per heavy atom. The van der Waals surface area contributed by atoms with Crippen molar-refractivity contribution in [2.75, 3.05) is 5.32 Å². The number of nitro groups is 1. The van der Waals surface area contributed by atoms with Crippen molar-refractivity contribution in [3.63, 3.8) is 0 Å². The molecule has 8 heteroatoms. The van der Waals surface area contributed by atoms with Crippen LogP contribution in [0.15, 0.2) is 18.5 Å². The third-order valence-electron chi connectivity index (χ3n) is 2.69. The van der Waals surface area contributed by atoms with Gasteiger partial charge in [0, 0.05) is 25.5 Å². The summed E-state index contributed by atoms with van der Waals surface area (Å²) < 4.78 is 1.62. The van der Waals surface area contributed by atoms with E-state index in [1.807, 2.05) is 13.0 Å². The molecule has 20 heavy (non-hydrogen) atoms. The van der Waals surface area contributed by atoms with Gasteiger partial charge in [0.25, 0.3) is 0 Å². The van der Waals surface area contributed by atoms with Crippen LogP contribution in [0.2, 0.25) is 0 Å². The van der Waals surface area contributed by atoms with Gasteiger partial charge < -0.3 is 5.32 Å². The maximum absolute atomic E-state index is 11.0. The largest absolute Gasteiger partial charge is 0.332 e. The van der Waals surface area contributed by atoms with Gasteiger partial charge in [-0.05, 0) is 6.42 Å². The van der Waals surface area contributed by atoms with Crippen molar-refractivity contribution < 1.29 is 4.92 Å². The lowest BCUT2D eigenvalue weighted by molar-refractivity contribution is -0.384. The van der Waals surface area contributed by atoms with Crippen LogP contribution in [0.5, 0.6) is 0 Å². The molecular weight excluding hydrogens is 260 g/mol. The molecule has 0 bridgehead atoms. The predicted molar refractivity (Wildman–Crippen MR) is 71.5 cm³/mol. The van der Waals surface area contributed by atoms with Gasteiger partial charge in [-0.1, -0.05) is 6.92 Å². The molecule has 0 saturated carbocycles. The zero-order chi connectivity index (χ0) is 14.7. The van der Waals surface area contributed by atoms with E-state index < -0.39 is 4.92 Å². The van der Waals surface area contributed by atoms with Gasteiger partial charge in [0.15, 0.2) is 0 Å². The van der Waals surface area contributed by atoms with Crippen LogP contribution in [-0.2, 0) is 13.5 Å². The molecule has 0 aromatic carbocycles. The molecule has 2 rings (SSSR count). The molecule has 0 atom stereocenters. The number of nitrogens with one attached hydrogen (secondary N) is 1. The number of hydrogen-bond donors (Lipinski definition) is 1. The van der Waals surface area contributed by atoms with E-state index in [0.29, 0.717) is 12.1 Å². The highest BCUT2D eigenvalue weighted by molar-refractivity contribution is 5.67. The normalized spacial score (nSPS) is 10.1. The number of rotatable bonds is 4. The van der Waals surface area contributed by atoms with E-state index in [9.17, 15) is 10.1 Å². The van der Waals surface area contributed by atoms with Gasteiger partial charge in [0.1, 0.15) is 6.07 Å². The molecule has 0 spiro atoms. The van der Waals surface area contributed by atoms with E-state index in [4.69, 9.17) is 5.26 Å². The summed E-state index contributed by atoms with van der Waals surface area (Å²) in [6.45, 7) is 1.94. The smallest absolute Gasteiger partial charge is 0.313 e. The first-order valence-electron chi connectivity index (χ1n) is 5.89. The number of aromatic nitrogens is 3. The minimum atomic E-state index is -0.571. The van der Waals surface area contributed by atoms with Gasteiger partial charge in [-0.25, -0.2) is 4.98 Å². The highest BCUT2D eigenvalue weighted by Gasteiger charge is 2.18. The minimum Gasteiger partial charge on any atom is -0.332 e. The van der Waals surface area contributed by atoms with E-state index >= 15 is 0 Å². The monoisotopic (exact) mass is 272 g/mol. The quantitative estimate of drug-likeness (QED) is 0.672. The summed E-state index contributed by atoms with van der Waals surface area (Å²) in [5.74, 6) is 0.0942. The average molecular weight is 272 g/mol. The van der Waals surface area contributed by atoms with Crippen molar-refractivity contribution in [1.29, 1.82) is 5.26 Å². The Balaban J connectivity index is 2.43. The summed E-state index contributed by atoms with van der Waals surface area (Å²) in [6.07, 6.45) is 3.70. The summed E-state index contributed by atoms with van der Waals surface area (Å²) in [6, 6.07) is 3.02. The Hall–Kier alpha value is -2.95. The molecule has 0 radical (unpaired) electrons. The van der Waals surface area contributed by atoms with E-state index in [-0.39, 0.29) is 17.1 Å². The highest BCUT2D eigenvalue weighted by Crippen LogP contribution is 2.27. The van der Waals surface area contributed by atoms with Gasteiger partial charge in [-0.2, -0.15) is 10.4 Å². The Morgan fingerprint density at radius 3 is 2.95 bits per heavy atom. The van der Waals surface area contributed by atoms with E-state index in [1.165, 1.54) is 12.3 Å². The second-order valence-corrected chi connectivity index (χ2v) is 4.10. The summed E-state index contributed by atoms with van der Waals surface area (Å²) in [5.41, 5.74) is 1.35. The van der Waals surface area contributed by atoms with Crippen molar-refractivity contribution in [3.8, 4) is 6.07 Å². The lowest BCUT2D eigenvalue weighted by Crippen LogP contribution is -2.01. The fourth-order valence-electron chi connectivity index (χ4n) is 1.78. The fraction of sp³-hybridized carbons (Fsp3) is 0.250. The molecule has 2 heterocycles. The molecule has 0 unspecified atom stereocenters. The Morgan fingerprint density at radius 1 is 1.60 bits per heavy atom. The van der Waals surface area contributed by atoms with Gasteiger partial charge in [0.05, 0.1) is 21.9 Å². The number of anilines is 2. The Bertz CT molecular complexity index is 700.